The molecule has 0 saturated carbocycles. The summed E-state index contributed by atoms with van der Waals surface area (Å²) in [4.78, 5) is 13.9. The molecule has 1 amide bonds. The van der Waals surface area contributed by atoms with E-state index in [1.807, 2.05) is 13.8 Å². The summed E-state index contributed by atoms with van der Waals surface area (Å²) < 4.78 is 11.1. The molecule has 0 bridgehead atoms. The van der Waals surface area contributed by atoms with Gasteiger partial charge in [-0.05, 0) is 38.1 Å². The summed E-state index contributed by atoms with van der Waals surface area (Å²) in [6, 6.07) is 6.85. The van der Waals surface area contributed by atoms with E-state index < -0.39 is 5.60 Å². The molecule has 0 aliphatic carbocycles. The van der Waals surface area contributed by atoms with Gasteiger partial charge in [0.1, 0.15) is 5.75 Å². The minimum atomic E-state index is -0.471. The van der Waals surface area contributed by atoms with Crippen molar-refractivity contribution < 1.29 is 19.4 Å². The number of nitrogens with zero attached hydrogens (tertiary/aromatic N) is 1. The quantitative estimate of drug-likeness (QED) is 0.919. The molecular formula is C15H20ClNO4. The molecule has 2 rings (SSSR count). The molecule has 5 nitrogen and oxygen atoms in total. The van der Waals surface area contributed by atoms with E-state index in [1.165, 1.54) is 0 Å². The van der Waals surface area contributed by atoms with Crippen molar-refractivity contribution in [2.45, 2.75) is 25.6 Å². The van der Waals surface area contributed by atoms with E-state index in [-0.39, 0.29) is 25.2 Å². The molecule has 116 valence electrons. The molecule has 1 aliphatic rings. The Morgan fingerprint density at radius 2 is 2.14 bits per heavy atom. The second-order valence-electron chi connectivity index (χ2n) is 5.70. The highest BCUT2D eigenvalue weighted by Crippen LogP contribution is 2.21. The lowest BCUT2D eigenvalue weighted by molar-refractivity contribution is -0.168. The number of hydrogen-bond acceptors (Lipinski definition) is 4. The molecule has 1 heterocycles. The molecule has 1 aliphatic heterocycles. The number of hydrogen-bond donors (Lipinski definition) is 1. The van der Waals surface area contributed by atoms with E-state index in [9.17, 15) is 9.90 Å². The summed E-state index contributed by atoms with van der Waals surface area (Å²) in [6.45, 7) is 4.50. The van der Waals surface area contributed by atoms with Crippen molar-refractivity contribution in [1.29, 1.82) is 0 Å². The highest BCUT2D eigenvalue weighted by Gasteiger charge is 2.35. The summed E-state index contributed by atoms with van der Waals surface area (Å²) >= 11 is 5.79. The van der Waals surface area contributed by atoms with E-state index >= 15 is 0 Å². The predicted octanol–water partition coefficient (Wildman–Crippen LogP) is 1.72. The largest absolute Gasteiger partial charge is 0.484 e. The molecule has 6 heteroatoms. The minimum absolute atomic E-state index is 0.0458. The zero-order valence-electron chi connectivity index (χ0n) is 12.2. The summed E-state index contributed by atoms with van der Waals surface area (Å²) in [6.07, 6.45) is -0.353. The molecule has 0 radical (unpaired) electrons. The fraction of sp³-hybridized carbons (Fsp3) is 0.533. The van der Waals surface area contributed by atoms with Gasteiger partial charge >= 0.3 is 0 Å². The Kier molecular flexibility index (Phi) is 5.08. The van der Waals surface area contributed by atoms with Gasteiger partial charge in [-0.15, -0.1) is 0 Å². The third-order valence-electron chi connectivity index (χ3n) is 3.21. The maximum absolute atomic E-state index is 12.2. The first kappa shape index (κ1) is 16.1. The van der Waals surface area contributed by atoms with Crippen LogP contribution in [0, 0.1) is 0 Å². The number of carbonyl (C=O) groups is 1. The molecule has 1 fully saturated rings. The molecule has 1 aromatic rings. The third-order valence-corrected chi connectivity index (χ3v) is 3.47. The first-order valence-electron chi connectivity index (χ1n) is 6.84. The number of amides is 1. The zero-order chi connectivity index (χ0) is 15.5. The average molecular weight is 314 g/mol. The maximum Gasteiger partial charge on any atom is 0.260 e. The van der Waals surface area contributed by atoms with Crippen LogP contribution < -0.4 is 4.74 Å². The lowest BCUT2D eigenvalue weighted by Gasteiger charge is -2.42. The van der Waals surface area contributed by atoms with Crippen molar-refractivity contribution in [3.63, 3.8) is 0 Å². The minimum Gasteiger partial charge on any atom is -0.484 e. The number of benzene rings is 1. The molecule has 1 atom stereocenters. The molecular weight excluding hydrogens is 294 g/mol. The molecule has 1 unspecified atom stereocenters. The zero-order valence-corrected chi connectivity index (χ0v) is 13.0. The topological polar surface area (TPSA) is 59.0 Å². The van der Waals surface area contributed by atoms with Crippen LogP contribution in [0.25, 0.3) is 0 Å². The van der Waals surface area contributed by atoms with Crippen molar-refractivity contribution in [2.75, 3.05) is 26.3 Å². The van der Waals surface area contributed by atoms with Crippen molar-refractivity contribution >= 4 is 17.5 Å². The first-order chi connectivity index (χ1) is 9.89. The Bertz CT molecular complexity index is 489. The van der Waals surface area contributed by atoms with Gasteiger partial charge in [-0.2, -0.15) is 0 Å². The van der Waals surface area contributed by atoms with Gasteiger partial charge < -0.3 is 19.5 Å². The fourth-order valence-corrected chi connectivity index (χ4v) is 2.47. The van der Waals surface area contributed by atoms with Crippen molar-refractivity contribution in [3.05, 3.63) is 29.3 Å². The number of ether oxygens (including phenoxy) is 2. The summed E-state index contributed by atoms with van der Waals surface area (Å²) in [5, 5.41) is 9.87. The first-order valence-corrected chi connectivity index (χ1v) is 7.22. The smallest absolute Gasteiger partial charge is 0.260 e. The number of halogens is 1. The van der Waals surface area contributed by atoms with Gasteiger partial charge in [-0.25, -0.2) is 0 Å². The van der Waals surface area contributed by atoms with Gasteiger partial charge in [0.25, 0.3) is 5.91 Å². The second-order valence-corrected chi connectivity index (χ2v) is 6.14. The number of aliphatic hydroxyl groups excluding tert-OH is 1. The van der Waals surface area contributed by atoms with E-state index in [4.69, 9.17) is 21.1 Å². The summed E-state index contributed by atoms with van der Waals surface area (Å²) in [5.74, 6) is 0.471. The van der Waals surface area contributed by atoms with Crippen molar-refractivity contribution in [2.24, 2.45) is 0 Å². The van der Waals surface area contributed by atoms with Gasteiger partial charge in [0.05, 0.1) is 18.3 Å². The van der Waals surface area contributed by atoms with Crippen LogP contribution in [-0.4, -0.2) is 53.9 Å². The van der Waals surface area contributed by atoms with Crippen LogP contribution in [0.1, 0.15) is 13.8 Å². The summed E-state index contributed by atoms with van der Waals surface area (Å²) in [5.41, 5.74) is -0.471. The van der Waals surface area contributed by atoms with E-state index in [0.717, 1.165) is 0 Å². The molecule has 1 aromatic carbocycles. The van der Waals surface area contributed by atoms with Crippen LogP contribution in [0.5, 0.6) is 5.75 Å². The Hall–Kier alpha value is -1.30. The lowest BCUT2D eigenvalue weighted by atomic mass is 10.1. The number of rotatable bonds is 4. The van der Waals surface area contributed by atoms with E-state index in [0.29, 0.717) is 23.9 Å². The third kappa shape index (κ3) is 4.59. The molecule has 1 saturated heterocycles. The van der Waals surface area contributed by atoms with Crippen molar-refractivity contribution in [1.82, 2.24) is 4.90 Å². The number of aliphatic hydroxyl groups is 1. The van der Waals surface area contributed by atoms with Crippen LogP contribution in [0.3, 0.4) is 0 Å². The monoisotopic (exact) mass is 313 g/mol. The van der Waals surface area contributed by atoms with Crippen LogP contribution in [-0.2, 0) is 9.53 Å². The Morgan fingerprint density at radius 3 is 2.76 bits per heavy atom. The van der Waals surface area contributed by atoms with Crippen LogP contribution in [0.15, 0.2) is 24.3 Å². The van der Waals surface area contributed by atoms with E-state index in [2.05, 4.69) is 0 Å². The lowest BCUT2D eigenvalue weighted by Crippen LogP contribution is -2.56. The van der Waals surface area contributed by atoms with E-state index in [1.54, 1.807) is 29.2 Å². The maximum atomic E-state index is 12.2. The molecule has 1 N–H and O–H groups in total. The van der Waals surface area contributed by atoms with Crippen LogP contribution in [0.2, 0.25) is 5.02 Å². The molecule has 0 spiro atoms. The Morgan fingerprint density at radius 1 is 1.48 bits per heavy atom. The second kappa shape index (κ2) is 6.64. The standard InChI is InChI=1S/C15H20ClNO4/c1-15(2)10-17(7-13(8-18)21-15)14(19)9-20-12-5-3-11(16)4-6-12/h3-6,13,18H,7-10H2,1-2H3. The highest BCUT2D eigenvalue weighted by atomic mass is 35.5. The van der Waals surface area contributed by atoms with Gasteiger partial charge in [0.2, 0.25) is 0 Å². The SMILES string of the molecule is CC1(C)CN(C(=O)COc2ccc(Cl)cc2)CC(CO)O1. The molecule has 21 heavy (non-hydrogen) atoms. The molecule has 0 aromatic heterocycles. The van der Waals surface area contributed by atoms with Crippen LogP contribution in [0.4, 0.5) is 0 Å². The number of carbonyl (C=O) groups excluding carboxylic acids is 1. The Balaban J connectivity index is 1.91. The summed E-state index contributed by atoms with van der Waals surface area (Å²) in [7, 11) is 0. The normalized spacial score (nSPS) is 21.1. The van der Waals surface area contributed by atoms with Gasteiger partial charge in [0, 0.05) is 18.1 Å². The fourth-order valence-electron chi connectivity index (χ4n) is 2.35. The van der Waals surface area contributed by atoms with Gasteiger partial charge in [-0.3, -0.25) is 4.79 Å². The highest BCUT2D eigenvalue weighted by molar-refractivity contribution is 6.30. The average Bonchev–Trinajstić information content (AvgIpc) is 2.44. The van der Waals surface area contributed by atoms with Crippen LogP contribution >= 0.6 is 11.6 Å². The number of morpholine rings is 1. The van der Waals surface area contributed by atoms with Crippen molar-refractivity contribution in [3.8, 4) is 5.75 Å². The van der Waals surface area contributed by atoms with Gasteiger partial charge in [0.15, 0.2) is 6.61 Å². The predicted molar refractivity (Wildman–Crippen MR) is 79.6 cm³/mol. The Labute approximate surface area is 129 Å². The van der Waals surface area contributed by atoms with Gasteiger partial charge in [-0.1, -0.05) is 11.6 Å².